The molecular weight excluding hydrogens is 130 g/mol. The van der Waals surface area contributed by atoms with Gasteiger partial charge < -0.3 is 0 Å². The molecule has 0 atom stereocenters. The zero-order valence-electron chi connectivity index (χ0n) is 3.31. The fraction of sp³-hybridized carbons (Fsp3) is 0. The first-order valence-electron chi connectivity index (χ1n) is 1.87. The van der Waals surface area contributed by atoms with Gasteiger partial charge in [-0.3, -0.25) is 0 Å². The van der Waals surface area contributed by atoms with Gasteiger partial charge in [-0.2, -0.15) is 0 Å². The van der Waals surface area contributed by atoms with Crippen LogP contribution in [0.15, 0.2) is 0 Å². The molecule has 2 rings (SSSR count). The first-order valence-corrected chi connectivity index (χ1v) is 3.07. The van der Waals surface area contributed by atoms with Gasteiger partial charge in [-0.25, -0.2) is 4.98 Å². The van der Waals surface area contributed by atoms with Crippen molar-refractivity contribution in [2.75, 3.05) is 0 Å². The number of thiazole rings is 1. The molecule has 1 aliphatic rings. The van der Waals surface area contributed by atoms with E-state index in [1.165, 1.54) is 16.2 Å². The summed E-state index contributed by atoms with van der Waals surface area (Å²) < 4.78 is 0.660. The maximum absolute atomic E-state index is 5.49. The number of nitrogens with zero attached hydrogens (tertiary/aromatic N) is 1. The summed E-state index contributed by atoms with van der Waals surface area (Å²) in [6.45, 7) is 0. The molecule has 0 unspecified atom stereocenters. The molecule has 0 spiro atoms. The van der Waals surface area contributed by atoms with Crippen LogP contribution in [0.25, 0.3) is 0 Å². The number of fused-ring (bicyclic) bond motifs is 1. The highest BCUT2D eigenvalue weighted by Gasteiger charge is 2.22. The predicted molar refractivity (Wildman–Crippen MR) is 29.6 cm³/mol. The Labute approximate surface area is 50.0 Å². The van der Waals surface area contributed by atoms with Crippen LogP contribution >= 0.6 is 22.9 Å². The van der Waals surface area contributed by atoms with Gasteiger partial charge in [-0.15, -0.1) is 11.3 Å². The molecule has 1 heterocycles. The molecule has 3 heteroatoms. The minimum absolute atomic E-state index is 0.660. The second-order valence-corrected chi connectivity index (χ2v) is 2.97. The van der Waals surface area contributed by atoms with Gasteiger partial charge >= 0.3 is 0 Å². The molecule has 0 amide bonds. The van der Waals surface area contributed by atoms with Crippen LogP contribution in [0, 0.1) is 6.42 Å². The summed E-state index contributed by atoms with van der Waals surface area (Å²) in [5.41, 5.74) is 1.08. The Morgan fingerprint density at radius 1 is 1.71 bits per heavy atom. The van der Waals surface area contributed by atoms with E-state index in [0.717, 1.165) is 5.69 Å². The Morgan fingerprint density at radius 2 is 2.57 bits per heavy atom. The van der Waals surface area contributed by atoms with Crippen molar-refractivity contribution in [1.29, 1.82) is 0 Å². The highest BCUT2D eigenvalue weighted by Crippen LogP contribution is 2.37. The number of hydrogen-bond acceptors (Lipinski definition) is 2. The van der Waals surface area contributed by atoms with Crippen molar-refractivity contribution in [3.8, 4) is 0 Å². The molecule has 0 fully saturated rings. The Hall–Kier alpha value is -0.0800. The lowest BCUT2D eigenvalue weighted by atomic mass is 10.9. The van der Waals surface area contributed by atoms with Gasteiger partial charge in [-0.05, 0) is 0 Å². The molecule has 1 radical (unpaired) electrons. The minimum Gasteiger partial charge on any atom is -0.229 e. The van der Waals surface area contributed by atoms with Crippen LogP contribution < -0.4 is 0 Å². The zero-order chi connectivity index (χ0) is 4.85. The van der Waals surface area contributed by atoms with Crippen molar-refractivity contribution in [2.24, 2.45) is 0 Å². The van der Waals surface area contributed by atoms with Crippen LogP contribution in [-0.4, -0.2) is 4.98 Å². The first-order chi connectivity index (χ1) is 3.36. The molecule has 1 aromatic rings. The predicted octanol–water partition coefficient (Wildman–Crippen LogP) is 1.71. The number of hydrogen-bond donors (Lipinski definition) is 0. The fourth-order valence-electron chi connectivity index (χ4n) is 0.465. The average Bonchev–Trinajstić information content (AvgIpc) is 2.15. The molecule has 7 heavy (non-hydrogen) atoms. The summed E-state index contributed by atoms with van der Waals surface area (Å²) in [7, 11) is 0. The van der Waals surface area contributed by atoms with Crippen LogP contribution in [0.3, 0.4) is 0 Å². The maximum atomic E-state index is 5.49. The summed E-state index contributed by atoms with van der Waals surface area (Å²) in [4.78, 5) is 5.17. The molecule has 1 aliphatic carbocycles. The van der Waals surface area contributed by atoms with Gasteiger partial charge in [0.15, 0.2) is 4.47 Å². The van der Waals surface area contributed by atoms with Crippen LogP contribution in [0.2, 0.25) is 4.47 Å². The molecule has 1 aromatic heterocycles. The third-order valence-electron chi connectivity index (χ3n) is 0.839. The van der Waals surface area contributed by atoms with Gasteiger partial charge in [0.05, 0.1) is 12.1 Å². The quantitative estimate of drug-likeness (QED) is 0.529. The molecule has 0 saturated carbocycles. The molecule has 1 nitrogen and oxygen atoms in total. The van der Waals surface area contributed by atoms with Gasteiger partial charge in [0, 0.05) is 4.88 Å². The summed E-state index contributed by atoms with van der Waals surface area (Å²) in [6.07, 6.45) is 2.01. The molecule has 0 saturated heterocycles. The standard InChI is InChI=1S/C4HClNS/c5-4-6-2-1-3(2)7-4/h1H. The van der Waals surface area contributed by atoms with E-state index < -0.39 is 0 Å². The lowest BCUT2D eigenvalue weighted by Crippen LogP contribution is -1.57. The van der Waals surface area contributed by atoms with Gasteiger partial charge in [-0.1, -0.05) is 11.6 Å². The summed E-state index contributed by atoms with van der Waals surface area (Å²) in [5.74, 6) is 0. The normalized spacial score (nSPS) is 13.9. The lowest BCUT2D eigenvalue weighted by molar-refractivity contribution is 1.40. The highest BCUT2D eigenvalue weighted by molar-refractivity contribution is 7.17. The minimum atomic E-state index is 0.660. The van der Waals surface area contributed by atoms with Crippen molar-refractivity contribution in [3.05, 3.63) is 21.5 Å². The van der Waals surface area contributed by atoms with E-state index in [9.17, 15) is 0 Å². The monoisotopic (exact) mass is 130 g/mol. The van der Waals surface area contributed by atoms with Crippen molar-refractivity contribution in [2.45, 2.75) is 0 Å². The van der Waals surface area contributed by atoms with Gasteiger partial charge in [0.2, 0.25) is 0 Å². The number of aromatic nitrogens is 1. The van der Waals surface area contributed by atoms with E-state index in [2.05, 4.69) is 4.98 Å². The Morgan fingerprint density at radius 3 is 2.86 bits per heavy atom. The molecular formula is C4HClNS. The zero-order valence-corrected chi connectivity index (χ0v) is 4.88. The highest BCUT2D eigenvalue weighted by atomic mass is 35.5. The van der Waals surface area contributed by atoms with Crippen LogP contribution in [0.5, 0.6) is 0 Å². The topological polar surface area (TPSA) is 12.9 Å². The number of rotatable bonds is 0. The third-order valence-corrected chi connectivity index (χ3v) is 1.96. The number of halogens is 1. The van der Waals surface area contributed by atoms with E-state index in [1.807, 2.05) is 6.42 Å². The SMILES string of the molecule is Clc1nc2c(s1)[CH]2. The third kappa shape index (κ3) is 0.469. The molecule has 35 valence electrons. The smallest absolute Gasteiger partial charge is 0.184 e. The van der Waals surface area contributed by atoms with E-state index in [0.29, 0.717) is 4.47 Å². The van der Waals surface area contributed by atoms with Crippen molar-refractivity contribution >= 4 is 22.9 Å². The summed E-state index contributed by atoms with van der Waals surface area (Å²) >= 11 is 7.02. The molecule has 0 aliphatic heterocycles. The summed E-state index contributed by atoms with van der Waals surface area (Å²) in [5, 5.41) is 0. The van der Waals surface area contributed by atoms with E-state index in [1.54, 1.807) is 0 Å². The first kappa shape index (κ1) is 3.87. The van der Waals surface area contributed by atoms with Crippen molar-refractivity contribution in [1.82, 2.24) is 4.98 Å². The average molecular weight is 131 g/mol. The van der Waals surface area contributed by atoms with E-state index in [4.69, 9.17) is 11.6 Å². The van der Waals surface area contributed by atoms with Crippen LogP contribution in [0.1, 0.15) is 10.6 Å². The summed E-state index contributed by atoms with van der Waals surface area (Å²) in [6, 6.07) is 0. The van der Waals surface area contributed by atoms with Gasteiger partial charge in [0.25, 0.3) is 0 Å². The second-order valence-electron chi connectivity index (χ2n) is 1.36. The van der Waals surface area contributed by atoms with Gasteiger partial charge in [0.1, 0.15) is 0 Å². The molecule has 0 bridgehead atoms. The van der Waals surface area contributed by atoms with Crippen LogP contribution in [0.4, 0.5) is 0 Å². The molecule has 0 aromatic carbocycles. The Kier molecular flexibility index (Phi) is 0.557. The van der Waals surface area contributed by atoms with Crippen molar-refractivity contribution in [3.63, 3.8) is 0 Å². The second kappa shape index (κ2) is 1.01. The molecule has 0 N–H and O–H groups in total. The Balaban J connectivity index is 2.69. The lowest BCUT2D eigenvalue weighted by Gasteiger charge is -1.69. The Bertz CT molecular complexity index is 184. The van der Waals surface area contributed by atoms with Crippen LogP contribution in [-0.2, 0) is 0 Å². The largest absolute Gasteiger partial charge is 0.229 e. The van der Waals surface area contributed by atoms with E-state index >= 15 is 0 Å². The maximum Gasteiger partial charge on any atom is 0.184 e. The van der Waals surface area contributed by atoms with E-state index in [-0.39, 0.29) is 0 Å². The van der Waals surface area contributed by atoms with Crippen molar-refractivity contribution < 1.29 is 0 Å². The fourth-order valence-corrected chi connectivity index (χ4v) is 1.45.